The van der Waals surface area contributed by atoms with Gasteiger partial charge in [0.2, 0.25) is 0 Å². The predicted octanol–water partition coefficient (Wildman–Crippen LogP) is 8.67. The van der Waals surface area contributed by atoms with Gasteiger partial charge in [0.05, 0.1) is 23.7 Å². The molecule has 54 heavy (non-hydrogen) atoms. The Morgan fingerprint density at radius 3 is 1.61 bits per heavy atom. The summed E-state index contributed by atoms with van der Waals surface area (Å²) < 4.78 is 64.3. The van der Waals surface area contributed by atoms with Crippen LogP contribution in [0, 0.1) is 23.3 Å². The van der Waals surface area contributed by atoms with E-state index in [1.165, 1.54) is 73.2 Å². The number of piperidine rings is 2. The average molecular weight is 738 g/mol. The third-order valence-electron chi connectivity index (χ3n) is 9.48. The zero-order valence-electron chi connectivity index (χ0n) is 29.0. The maximum atomic E-state index is 13.9. The lowest BCUT2D eigenvalue weighted by Crippen LogP contribution is -2.39. The number of carbonyl (C=O) groups excluding carboxylic acids is 2. The molecule has 2 aliphatic rings. The number of nitrogens with zero attached hydrogens (tertiary/aromatic N) is 5. The SMILES string of the molecule is O=C(c1ccc(F)cc1)N1CCC[C@H](c2nc(-c3ccc(F)cn3)co2)C1.O=C(c1ccc(F)cc1)N1CCC[C@H](c2nc(-c3ccccc3F)co2)C1. The molecule has 5 heterocycles. The van der Waals surface area contributed by atoms with E-state index in [0.717, 1.165) is 31.9 Å². The van der Waals surface area contributed by atoms with Crippen LogP contribution in [0.5, 0.6) is 0 Å². The van der Waals surface area contributed by atoms with Crippen LogP contribution in [0.15, 0.2) is 112 Å². The van der Waals surface area contributed by atoms with Crippen molar-refractivity contribution in [2.45, 2.75) is 37.5 Å². The number of carbonyl (C=O) groups is 2. The molecule has 6 aromatic rings. The Bertz CT molecular complexity index is 2210. The molecular formula is C41H35F4N5O4. The molecule has 2 aliphatic heterocycles. The van der Waals surface area contributed by atoms with E-state index in [4.69, 9.17) is 8.83 Å². The molecule has 3 aromatic heterocycles. The van der Waals surface area contributed by atoms with Crippen molar-refractivity contribution in [3.63, 3.8) is 0 Å². The Morgan fingerprint density at radius 1 is 0.593 bits per heavy atom. The van der Waals surface area contributed by atoms with E-state index in [-0.39, 0.29) is 41.1 Å². The Morgan fingerprint density at radius 2 is 1.09 bits per heavy atom. The van der Waals surface area contributed by atoms with Gasteiger partial charge in [-0.05, 0) is 98.5 Å². The molecule has 2 atom stereocenters. The lowest BCUT2D eigenvalue weighted by atomic mass is 9.97. The van der Waals surface area contributed by atoms with Crippen LogP contribution in [-0.4, -0.2) is 62.7 Å². The first-order valence-corrected chi connectivity index (χ1v) is 17.6. The van der Waals surface area contributed by atoms with Crippen molar-refractivity contribution in [1.82, 2.24) is 24.8 Å². The molecule has 0 aliphatic carbocycles. The fraction of sp³-hybridized carbons (Fsp3) is 0.244. The van der Waals surface area contributed by atoms with Gasteiger partial charge in [0.25, 0.3) is 11.8 Å². The summed E-state index contributed by atoms with van der Waals surface area (Å²) in [5.41, 5.74) is 2.82. The van der Waals surface area contributed by atoms with Gasteiger partial charge in [-0.1, -0.05) is 12.1 Å². The molecule has 3 aromatic carbocycles. The van der Waals surface area contributed by atoms with Crippen molar-refractivity contribution in [1.29, 1.82) is 0 Å². The van der Waals surface area contributed by atoms with Crippen molar-refractivity contribution in [3.05, 3.63) is 150 Å². The largest absolute Gasteiger partial charge is 0.448 e. The van der Waals surface area contributed by atoms with E-state index in [9.17, 15) is 27.2 Å². The summed E-state index contributed by atoms with van der Waals surface area (Å²) in [6.07, 6.45) is 7.41. The number of likely N-dealkylation sites (tertiary alicyclic amines) is 2. The highest BCUT2D eigenvalue weighted by Gasteiger charge is 2.30. The number of pyridine rings is 1. The lowest BCUT2D eigenvalue weighted by Gasteiger charge is -2.31. The number of hydrogen-bond acceptors (Lipinski definition) is 7. The molecular weight excluding hydrogens is 702 g/mol. The summed E-state index contributed by atoms with van der Waals surface area (Å²) >= 11 is 0. The highest BCUT2D eigenvalue weighted by Crippen LogP contribution is 2.31. The van der Waals surface area contributed by atoms with Crippen molar-refractivity contribution >= 4 is 11.8 Å². The Labute approximate surface area is 308 Å². The second-order valence-electron chi connectivity index (χ2n) is 13.2. The Hall–Kier alpha value is -6.11. The number of oxazole rings is 2. The van der Waals surface area contributed by atoms with Crippen LogP contribution in [0.4, 0.5) is 17.6 Å². The monoisotopic (exact) mass is 737 g/mol. The summed E-state index contributed by atoms with van der Waals surface area (Å²) in [5, 5.41) is 0. The Kier molecular flexibility index (Phi) is 10.9. The smallest absolute Gasteiger partial charge is 0.253 e. The van der Waals surface area contributed by atoms with Gasteiger partial charge < -0.3 is 18.6 Å². The van der Waals surface area contributed by atoms with Crippen LogP contribution in [0.2, 0.25) is 0 Å². The summed E-state index contributed by atoms with van der Waals surface area (Å²) in [5.74, 6) is -0.821. The number of halogens is 4. The summed E-state index contributed by atoms with van der Waals surface area (Å²) in [7, 11) is 0. The predicted molar refractivity (Wildman–Crippen MR) is 190 cm³/mol. The zero-order valence-corrected chi connectivity index (χ0v) is 29.0. The fourth-order valence-corrected chi connectivity index (χ4v) is 6.66. The molecule has 2 amide bonds. The molecule has 2 fully saturated rings. The van der Waals surface area contributed by atoms with E-state index >= 15 is 0 Å². The van der Waals surface area contributed by atoms with Crippen LogP contribution < -0.4 is 0 Å². The first-order chi connectivity index (χ1) is 26.2. The van der Waals surface area contributed by atoms with Gasteiger partial charge in [-0.25, -0.2) is 27.5 Å². The molecule has 276 valence electrons. The third kappa shape index (κ3) is 8.41. The molecule has 0 spiro atoms. The van der Waals surface area contributed by atoms with Gasteiger partial charge in [0.1, 0.15) is 47.2 Å². The molecule has 9 nitrogen and oxygen atoms in total. The zero-order chi connectivity index (χ0) is 37.6. The van der Waals surface area contributed by atoms with Crippen molar-refractivity contribution in [3.8, 4) is 22.6 Å². The van der Waals surface area contributed by atoms with Gasteiger partial charge in [0.15, 0.2) is 11.8 Å². The molecule has 2 saturated heterocycles. The van der Waals surface area contributed by atoms with E-state index in [1.54, 1.807) is 34.1 Å². The quantitative estimate of drug-likeness (QED) is 0.158. The van der Waals surface area contributed by atoms with Gasteiger partial charge in [-0.3, -0.25) is 14.6 Å². The van der Waals surface area contributed by atoms with Gasteiger partial charge >= 0.3 is 0 Å². The Balaban J connectivity index is 0.000000167. The third-order valence-corrected chi connectivity index (χ3v) is 9.48. The normalized spacial score (nSPS) is 17.1. The van der Waals surface area contributed by atoms with Gasteiger partial charge in [0, 0.05) is 42.9 Å². The number of benzene rings is 3. The first kappa shape index (κ1) is 36.3. The highest BCUT2D eigenvalue weighted by atomic mass is 19.1. The van der Waals surface area contributed by atoms with Crippen molar-refractivity contribution in [2.24, 2.45) is 0 Å². The maximum absolute atomic E-state index is 13.9. The first-order valence-electron chi connectivity index (χ1n) is 17.6. The molecule has 13 heteroatoms. The van der Waals surface area contributed by atoms with Gasteiger partial charge in [-0.2, -0.15) is 0 Å². The minimum Gasteiger partial charge on any atom is -0.448 e. The van der Waals surface area contributed by atoms with Gasteiger partial charge in [-0.15, -0.1) is 0 Å². The summed E-state index contributed by atoms with van der Waals surface area (Å²) in [6.45, 7) is 2.22. The second kappa shape index (κ2) is 16.3. The molecule has 0 bridgehead atoms. The molecule has 0 unspecified atom stereocenters. The van der Waals surface area contributed by atoms with E-state index in [0.29, 0.717) is 71.7 Å². The maximum Gasteiger partial charge on any atom is 0.253 e. The molecule has 0 radical (unpaired) electrons. The topological polar surface area (TPSA) is 106 Å². The fourth-order valence-electron chi connectivity index (χ4n) is 6.66. The number of amides is 2. The second-order valence-corrected chi connectivity index (χ2v) is 13.2. The molecule has 0 N–H and O–H groups in total. The minimum absolute atomic E-state index is 0.0302. The number of hydrogen-bond donors (Lipinski definition) is 0. The van der Waals surface area contributed by atoms with E-state index in [2.05, 4.69) is 15.0 Å². The van der Waals surface area contributed by atoms with Crippen LogP contribution >= 0.6 is 0 Å². The average Bonchev–Trinajstić information content (AvgIpc) is 3.91. The van der Waals surface area contributed by atoms with Crippen LogP contribution in [-0.2, 0) is 0 Å². The van der Waals surface area contributed by atoms with E-state index in [1.807, 2.05) is 0 Å². The van der Waals surface area contributed by atoms with Crippen molar-refractivity contribution in [2.75, 3.05) is 26.2 Å². The lowest BCUT2D eigenvalue weighted by molar-refractivity contribution is 0.0690. The molecule has 0 saturated carbocycles. The van der Waals surface area contributed by atoms with Crippen molar-refractivity contribution < 1.29 is 36.0 Å². The van der Waals surface area contributed by atoms with Crippen LogP contribution in [0.25, 0.3) is 22.6 Å². The van der Waals surface area contributed by atoms with Crippen LogP contribution in [0.3, 0.4) is 0 Å². The highest BCUT2D eigenvalue weighted by molar-refractivity contribution is 5.94. The number of rotatable bonds is 6. The standard InChI is InChI=1S/C21H18F2N2O2.C20H17F2N3O2/c22-16-9-7-14(8-10-16)21(26)25-11-3-4-15(12-25)20-24-19(13-27-20)17-5-1-2-6-18(17)23;21-15-5-3-13(4-6-15)20(26)25-9-1-2-14(11-25)19-24-18(12-27-19)17-8-7-16(22)10-23-17/h1-2,5-10,13,15H,3-4,11-12H2;3-8,10,12,14H,1-2,9,11H2/t15-;14-/m00/s1. The number of aromatic nitrogens is 3. The van der Waals surface area contributed by atoms with E-state index < -0.39 is 5.82 Å². The van der Waals surface area contributed by atoms with Crippen LogP contribution in [0.1, 0.15) is 70.0 Å². The summed E-state index contributed by atoms with van der Waals surface area (Å²) in [4.78, 5) is 41.7. The summed E-state index contributed by atoms with van der Waals surface area (Å²) in [6, 6.07) is 20.4. The molecule has 8 rings (SSSR count). The minimum atomic E-state index is -0.412.